The fourth-order valence-electron chi connectivity index (χ4n) is 2.49. The van der Waals surface area contributed by atoms with E-state index in [2.05, 4.69) is 5.10 Å². The van der Waals surface area contributed by atoms with Crippen LogP contribution in [-0.4, -0.2) is 20.5 Å². The molecule has 1 aromatic carbocycles. The number of hydrogen-bond donors (Lipinski definition) is 1. The molecule has 0 aliphatic carbocycles. The quantitative estimate of drug-likeness (QED) is 0.918. The highest BCUT2D eigenvalue weighted by Gasteiger charge is 2.28. The molecule has 0 spiro atoms. The molecule has 1 N–H and O–H groups in total. The summed E-state index contributed by atoms with van der Waals surface area (Å²) in [7, 11) is 1.82. The van der Waals surface area contributed by atoms with E-state index in [1.54, 1.807) is 4.68 Å². The monoisotopic (exact) mass is 292 g/mol. The van der Waals surface area contributed by atoms with Crippen LogP contribution < -0.4 is 0 Å². The number of nitrogens with zero attached hydrogens (tertiary/aromatic N) is 2. The van der Waals surface area contributed by atoms with Crippen molar-refractivity contribution in [2.24, 2.45) is 7.05 Å². The molecule has 2 rings (SSSR count). The van der Waals surface area contributed by atoms with E-state index in [1.807, 2.05) is 51.2 Å². The van der Waals surface area contributed by atoms with E-state index in [-0.39, 0.29) is 0 Å². The van der Waals surface area contributed by atoms with Gasteiger partial charge in [-0.1, -0.05) is 48.9 Å². The Bertz CT molecular complexity index is 580. The summed E-state index contributed by atoms with van der Waals surface area (Å²) in [6.45, 7) is 3.93. The highest BCUT2D eigenvalue weighted by Crippen LogP contribution is 2.28. The van der Waals surface area contributed by atoms with Crippen molar-refractivity contribution < 1.29 is 5.11 Å². The number of benzene rings is 1. The zero-order chi connectivity index (χ0) is 14.8. The first-order valence-electron chi connectivity index (χ1n) is 6.89. The molecule has 0 bridgehead atoms. The number of halogens is 1. The van der Waals surface area contributed by atoms with Gasteiger partial charge < -0.3 is 5.11 Å². The first-order chi connectivity index (χ1) is 9.45. The molecule has 3 nitrogen and oxygen atoms in total. The molecule has 108 valence electrons. The average molecular weight is 293 g/mol. The van der Waals surface area contributed by atoms with Crippen molar-refractivity contribution in [2.45, 2.75) is 38.7 Å². The molecule has 0 saturated carbocycles. The third-order valence-electron chi connectivity index (χ3n) is 3.81. The summed E-state index contributed by atoms with van der Waals surface area (Å²) in [4.78, 5) is 0. The van der Waals surface area contributed by atoms with Crippen LogP contribution in [0.5, 0.6) is 0 Å². The van der Waals surface area contributed by atoms with Gasteiger partial charge in [0.1, 0.15) is 5.15 Å². The first kappa shape index (κ1) is 15.1. The molecule has 20 heavy (non-hydrogen) atoms. The van der Waals surface area contributed by atoms with Gasteiger partial charge in [-0.15, -0.1) is 0 Å². The van der Waals surface area contributed by atoms with Crippen molar-refractivity contribution >= 4 is 11.6 Å². The van der Waals surface area contributed by atoms with Gasteiger partial charge in [-0.25, -0.2) is 0 Å². The summed E-state index contributed by atoms with van der Waals surface area (Å²) >= 11 is 6.27. The number of hydrogen-bond acceptors (Lipinski definition) is 2. The maximum absolute atomic E-state index is 10.9. The van der Waals surface area contributed by atoms with E-state index < -0.39 is 5.60 Å². The number of aryl methyl sites for hydroxylation is 2. The zero-order valence-electron chi connectivity index (χ0n) is 12.2. The van der Waals surface area contributed by atoms with E-state index in [0.717, 1.165) is 16.8 Å². The van der Waals surface area contributed by atoms with Gasteiger partial charge in [-0.05, 0) is 18.9 Å². The first-order valence-corrected chi connectivity index (χ1v) is 7.27. The molecule has 0 radical (unpaired) electrons. The van der Waals surface area contributed by atoms with Gasteiger partial charge in [0, 0.05) is 25.5 Å². The zero-order valence-corrected chi connectivity index (χ0v) is 13.0. The molecule has 1 heterocycles. The molecule has 0 amide bonds. The Morgan fingerprint density at radius 2 is 1.90 bits per heavy atom. The van der Waals surface area contributed by atoms with Crippen molar-refractivity contribution in [2.75, 3.05) is 0 Å². The van der Waals surface area contributed by atoms with Gasteiger partial charge in [-0.2, -0.15) is 5.10 Å². The largest absolute Gasteiger partial charge is 0.389 e. The fraction of sp³-hybridized carbons (Fsp3) is 0.438. The molecule has 4 heteroatoms. The summed E-state index contributed by atoms with van der Waals surface area (Å²) < 4.78 is 1.66. The van der Waals surface area contributed by atoms with Crippen molar-refractivity contribution in [3.8, 4) is 0 Å². The molecular weight excluding hydrogens is 272 g/mol. The van der Waals surface area contributed by atoms with Crippen LogP contribution in [0.15, 0.2) is 30.3 Å². The summed E-state index contributed by atoms with van der Waals surface area (Å²) in [6, 6.07) is 10.1. The SMILES string of the molecule is CCC(O)(Cc1ccccc1)Cc1c(C)nn(C)c1Cl. The van der Waals surface area contributed by atoms with Gasteiger partial charge in [0.25, 0.3) is 0 Å². The van der Waals surface area contributed by atoms with E-state index >= 15 is 0 Å². The summed E-state index contributed by atoms with van der Waals surface area (Å²) in [6.07, 6.45) is 1.82. The van der Waals surface area contributed by atoms with Gasteiger partial charge in [0.05, 0.1) is 11.3 Å². The predicted octanol–water partition coefficient (Wildman–Crippen LogP) is 3.31. The minimum atomic E-state index is -0.793. The standard InChI is InChI=1S/C16H21ClN2O/c1-4-16(20,10-13-8-6-5-7-9-13)11-14-12(2)18-19(3)15(14)17/h5-9,20H,4,10-11H2,1-3H3. The molecule has 1 unspecified atom stereocenters. The fourth-order valence-corrected chi connectivity index (χ4v) is 2.73. The Morgan fingerprint density at radius 3 is 2.40 bits per heavy atom. The molecule has 1 aromatic heterocycles. The Hall–Kier alpha value is -1.32. The second-order valence-corrected chi connectivity index (χ2v) is 5.75. The van der Waals surface area contributed by atoms with Gasteiger partial charge in [-0.3, -0.25) is 4.68 Å². The molecule has 0 aliphatic heterocycles. The van der Waals surface area contributed by atoms with Crippen molar-refractivity contribution in [1.29, 1.82) is 0 Å². The average Bonchev–Trinajstić information content (AvgIpc) is 2.66. The Morgan fingerprint density at radius 1 is 1.25 bits per heavy atom. The Balaban J connectivity index is 2.23. The third-order valence-corrected chi connectivity index (χ3v) is 4.28. The number of aliphatic hydroxyl groups is 1. The van der Waals surface area contributed by atoms with E-state index in [1.165, 1.54) is 0 Å². The highest BCUT2D eigenvalue weighted by molar-refractivity contribution is 6.30. The van der Waals surface area contributed by atoms with Gasteiger partial charge in [0.2, 0.25) is 0 Å². The normalized spacial score (nSPS) is 14.2. The van der Waals surface area contributed by atoms with Crippen LogP contribution in [0.1, 0.15) is 30.2 Å². The molecule has 2 aromatic rings. The maximum Gasteiger partial charge on any atom is 0.130 e. The van der Waals surface area contributed by atoms with Gasteiger partial charge in [0.15, 0.2) is 0 Å². The van der Waals surface area contributed by atoms with E-state index in [4.69, 9.17) is 11.6 Å². The smallest absolute Gasteiger partial charge is 0.130 e. The van der Waals surface area contributed by atoms with Crippen molar-refractivity contribution in [3.05, 3.63) is 52.3 Å². The second kappa shape index (κ2) is 5.98. The topological polar surface area (TPSA) is 38.1 Å². The van der Waals surface area contributed by atoms with Crippen LogP contribution in [0.2, 0.25) is 5.15 Å². The van der Waals surface area contributed by atoms with Crippen LogP contribution in [0.25, 0.3) is 0 Å². The minimum absolute atomic E-state index is 0.525. The lowest BCUT2D eigenvalue weighted by Crippen LogP contribution is -2.33. The van der Waals surface area contributed by atoms with E-state index in [9.17, 15) is 5.11 Å². The molecule has 0 fully saturated rings. The van der Waals surface area contributed by atoms with Crippen LogP contribution in [0, 0.1) is 6.92 Å². The number of aromatic nitrogens is 2. The lowest BCUT2D eigenvalue weighted by atomic mass is 9.86. The minimum Gasteiger partial charge on any atom is -0.389 e. The Kier molecular flexibility index (Phi) is 4.51. The molecular formula is C16H21ClN2O. The maximum atomic E-state index is 10.9. The third kappa shape index (κ3) is 3.22. The summed E-state index contributed by atoms with van der Waals surface area (Å²) in [5, 5.41) is 15.8. The van der Waals surface area contributed by atoms with Crippen molar-refractivity contribution in [3.63, 3.8) is 0 Å². The van der Waals surface area contributed by atoms with Crippen LogP contribution in [0.3, 0.4) is 0 Å². The lowest BCUT2D eigenvalue weighted by Gasteiger charge is -2.27. The van der Waals surface area contributed by atoms with Crippen molar-refractivity contribution in [1.82, 2.24) is 9.78 Å². The predicted molar refractivity (Wildman–Crippen MR) is 82.0 cm³/mol. The lowest BCUT2D eigenvalue weighted by molar-refractivity contribution is 0.0367. The summed E-state index contributed by atoms with van der Waals surface area (Å²) in [5.74, 6) is 0. The van der Waals surface area contributed by atoms with E-state index in [0.29, 0.717) is 24.4 Å². The number of rotatable bonds is 5. The van der Waals surface area contributed by atoms with Crippen LogP contribution in [-0.2, 0) is 19.9 Å². The molecule has 0 saturated heterocycles. The van der Waals surface area contributed by atoms with Crippen LogP contribution >= 0.6 is 11.6 Å². The second-order valence-electron chi connectivity index (χ2n) is 5.40. The van der Waals surface area contributed by atoms with Gasteiger partial charge >= 0.3 is 0 Å². The Labute approximate surface area is 125 Å². The summed E-state index contributed by atoms with van der Waals surface area (Å²) in [5.41, 5.74) is 2.17. The highest BCUT2D eigenvalue weighted by atomic mass is 35.5. The molecule has 0 aliphatic rings. The molecule has 1 atom stereocenters. The van der Waals surface area contributed by atoms with Crippen LogP contribution in [0.4, 0.5) is 0 Å².